The van der Waals surface area contributed by atoms with Crippen LogP contribution < -0.4 is 5.32 Å². The average Bonchev–Trinajstić information content (AvgIpc) is 2.92. The summed E-state index contributed by atoms with van der Waals surface area (Å²) in [5.41, 5.74) is 0.0687. The van der Waals surface area contributed by atoms with Gasteiger partial charge < -0.3 is 14.8 Å². The first-order valence-electron chi connectivity index (χ1n) is 5.56. The SMILES string of the molecule is Cc1ncc(Cl)c(C(=O)NC(CO)c2ccco2)n1. The van der Waals surface area contributed by atoms with Gasteiger partial charge in [0, 0.05) is 0 Å². The van der Waals surface area contributed by atoms with Crippen molar-refractivity contribution < 1.29 is 14.3 Å². The standard InChI is InChI=1S/C12H12ClN3O3/c1-7-14-5-8(13)11(15-7)12(18)16-9(6-17)10-3-2-4-19-10/h2-5,9,17H,6H2,1H3,(H,16,18). The molecule has 0 aromatic carbocycles. The van der Waals surface area contributed by atoms with Crippen LogP contribution in [0.5, 0.6) is 0 Å². The third kappa shape index (κ3) is 3.10. The lowest BCUT2D eigenvalue weighted by Crippen LogP contribution is -2.31. The molecule has 7 heteroatoms. The summed E-state index contributed by atoms with van der Waals surface area (Å²) < 4.78 is 5.14. The van der Waals surface area contributed by atoms with E-state index in [9.17, 15) is 9.90 Å². The smallest absolute Gasteiger partial charge is 0.272 e. The van der Waals surface area contributed by atoms with Crippen LogP contribution in [0.1, 0.15) is 28.1 Å². The van der Waals surface area contributed by atoms with Crippen molar-refractivity contribution in [3.05, 3.63) is 46.9 Å². The van der Waals surface area contributed by atoms with Crippen LogP contribution in [0.25, 0.3) is 0 Å². The number of hydrogen-bond acceptors (Lipinski definition) is 5. The van der Waals surface area contributed by atoms with E-state index in [2.05, 4.69) is 15.3 Å². The number of amides is 1. The molecule has 1 unspecified atom stereocenters. The van der Waals surface area contributed by atoms with E-state index in [0.29, 0.717) is 11.6 Å². The molecular weight excluding hydrogens is 270 g/mol. The molecule has 0 fully saturated rings. The Morgan fingerprint density at radius 1 is 1.63 bits per heavy atom. The number of rotatable bonds is 4. The first-order valence-corrected chi connectivity index (χ1v) is 5.94. The molecule has 0 saturated carbocycles. The fraction of sp³-hybridized carbons (Fsp3) is 0.250. The molecule has 2 N–H and O–H groups in total. The Morgan fingerprint density at radius 2 is 2.42 bits per heavy atom. The van der Waals surface area contributed by atoms with Gasteiger partial charge in [-0.05, 0) is 19.1 Å². The third-order valence-corrected chi connectivity index (χ3v) is 2.73. The molecule has 0 aliphatic carbocycles. The molecule has 2 aromatic rings. The quantitative estimate of drug-likeness (QED) is 0.886. The number of aliphatic hydroxyl groups excluding tert-OH is 1. The molecule has 2 rings (SSSR count). The van der Waals surface area contributed by atoms with E-state index in [1.165, 1.54) is 12.5 Å². The second-order valence-corrected chi connectivity index (χ2v) is 4.25. The van der Waals surface area contributed by atoms with Crippen molar-refractivity contribution in [1.29, 1.82) is 0 Å². The maximum atomic E-state index is 12.0. The average molecular weight is 282 g/mol. The van der Waals surface area contributed by atoms with Crippen LogP contribution in [0.15, 0.2) is 29.0 Å². The molecule has 1 atom stereocenters. The minimum atomic E-state index is -0.645. The number of furan rings is 1. The fourth-order valence-corrected chi connectivity index (χ4v) is 1.71. The minimum absolute atomic E-state index is 0.0687. The Labute approximate surface area is 114 Å². The Balaban J connectivity index is 2.18. The van der Waals surface area contributed by atoms with Gasteiger partial charge in [-0.25, -0.2) is 9.97 Å². The van der Waals surface area contributed by atoms with Gasteiger partial charge in [0.1, 0.15) is 23.3 Å². The maximum absolute atomic E-state index is 12.0. The molecule has 0 aliphatic rings. The highest BCUT2D eigenvalue weighted by molar-refractivity contribution is 6.33. The Kier molecular flexibility index (Phi) is 4.13. The van der Waals surface area contributed by atoms with E-state index in [1.807, 2.05) is 0 Å². The lowest BCUT2D eigenvalue weighted by molar-refractivity contribution is 0.0902. The van der Waals surface area contributed by atoms with Crippen LogP contribution in [-0.2, 0) is 0 Å². The summed E-state index contributed by atoms with van der Waals surface area (Å²) in [6, 6.07) is 2.69. The molecule has 6 nitrogen and oxygen atoms in total. The number of halogens is 1. The molecular formula is C12H12ClN3O3. The number of hydrogen-bond donors (Lipinski definition) is 2. The summed E-state index contributed by atoms with van der Waals surface area (Å²) in [7, 11) is 0. The van der Waals surface area contributed by atoms with Crippen molar-refractivity contribution in [2.24, 2.45) is 0 Å². The van der Waals surface area contributed by atoms with E-state index in [1.54, 1.807) is 19.1 Å². The molecule has 19 heavy (non-hydrogen) atoms. The normalized spacial score (nSPS) is 12.2. The largest absolute Gasteiger partial charge is 0.467 e. The van der Waals surface area contributed by atoms with E-state index < -0.39 is 11.9 Å². The molecule has 100 valence electrons. The number of aryl methyl sites for hydroxylation is 1. The first kappa shape index (κ1) is 13.5. The van der Waals surface area contributed by atoms with Gasteiger partial charge in [0.15, 0.2) is 0 Å². The lowest BCUT2D eigenvalue weighted by atomic mass is 10.2. The summed E-state index contributed by atoms with van der Waals surface area (Å²) in [4.78, 5) is 19.9. The number of aliphatic hydroxyl groups is 1. The molecule has 0 bridgehead atoms. The molecule has 0 spiro atoms. The van der Waals surface area contributed by atoms with Gasteiger partial charge >= 0.3 is 0 Å². The van der Waals surface area contributed by atoms with Crippen molar-refractivity contribution in [1.82, 2.24) is 15.3 Å². The first-order chi connectivity index (χ1) is 9.11. The number of aromatic nitrogens is 2. The van der Waals surface area contributed by atoms with Crippen LogP contribution in [0.3, 0.4) is 0 Å². The van der Waals surface area contributed by atoms with Crippen molar-refractivity contribution in [3.8, 4) is 0 Å². The number of carbonyl (C=O) groups is 1. The van der Waals surface area contributed by atoms with Crippen LogP contribution in [-0.4, -0.2) is 27.6 Å². The maximum Gasteiger partial charge on any atom is 0.272 e. The van der Waals surface area contributed by atoms with Gasteiger partial charge in [-0.2, -0.15) is 0 Å². The van der Waals surface area contributed by atoms with Crippen LogP contribution in [0.2, 0.25) is 5.02 Å². The highest BCUT2D eigenvalue weighted by Crippen LogP contribution is 2.16. The van der Waals surface area contributed by atoms with Crippen molar-refractivity contribution in [2.75, 3.05) is 6.61 Å². The summed E-state index contributed by atoms with van der Waals surface area (Å²) in [5, 5.41) is 12.0. The Morgan fingerprint density at radius 3 is 3.05 bits per heavy atom. The predicted molar refractivity (Wildman–Crippen MR) is 67.8 cm³/mol. The minimum Gasteiger partial charge on any atom is -0.467 e. The van der Waals surface area contributed by atoms with Crippen LogP contribution >= 0.6 is 11.6 Å². The summed E-state index contributed by atoms with van der Waals surface area (Å²) in [6.45, 7) is 1.37. The van der Waals surface area contributed by atoms with Crippen LogP contribution in [0, 0.1) is 6.92 Å². The lowest BCUT2D eigenvalue weighted by Gasteiger charge is -2.14. The van der Waals surface area contributed by atoms with E-state index in [-0.39, 0.29) is 17.3 Å². The van der Waals surface area contributed by atoms with Gasteiger partial charge in [0.05, 0.1) is 24.1 Å². The highest BCUT2D eigenvalue weighted by Gasteiger charge is 2.20. The predicted octanol–water partition coefficient (Wildman–Crippen LogP) is 1.49. The summed E-state index contributed by atoms with van der Waals surface area (Å²) >= 11 is 5.87. The molecule has 1 amide bonds. The zero-order valence-corrected chi connectivity index (χ0v) is 10.9. The van der Waals surface area contributed by atoms with Gasteiger partial charge in [0.2, 0.25) is 0 Å². The molecule has 2 heterocycles. The summed E-state index contributed by atoms with van der Waals surface area (Å²) in [6.07, 6.45) is 2.83. The number of carbonyl (C=O) groups excluding carboxylic acids is 1. The monoisotopic (exact) mass is 281 g/mol. The van der Waals surface area contributed by atoms with Crippen molar-refractivity contribution in [3.63, 3.8) is 0 Å². The summed E-state index contributed by atoms with van der Waals surface area (Å²) in [5.74, 6) is 0.400. The van der Waals surface area contributed by atoms with Crippen molar-refractivity contribution in [2.45, 2.75) is 13.0 Å². The number of nitrogens with zero attached hydrogens (tertiary/aromatic N) is 2. The second kappa shape index (κ2) is 5.81. The third-order valence-electron chi connectivity index (χ3n) is 2.45. The van der Waals surface area contributed by atoms with E-state index >= 15 is 0 Å². The van der Waals surface area contributed by atoms with Gasteiger partial charge in [-0.1, -0.05) is 11.6 Å². The molecule has 0 radical (unpaired) electrons. The van der Waals surface area contributed by atoms with Gasteiger partial charge in [0.25, 0.3) is 5.91 Å². The Bertz CT molecular complexity index is 572. The zero-order valence-electron chi connectivity index (χ0n) is 10.1. The molecule has 2 aromatic heterocycles. The highest BCUT2D eigenvalue weighted by atomic mass is 35.5. The number of nitrogens with one attached hydrogen (secondary N) is 1. The molecule has 0 aliphatic heterocycles. The Hall–Kier alpha value is -1.92. The topological polar surface area (TPSA) is 88.2 Å². The second-order valence-electron chi connectivity index (χ2n) is 3.84. The fourth-order valence-electron chi connectivity index (χ4n) is 1.54. The van der Waals surface area contributed by atoms with Crippen molar-refractivity contribution >= 4 is 17.5 Å². The van der Waals surface area contributed by atoms with Crippen LogP contribution in [0.4, 0.5) is 0 Å². The van der Waals surface area contributed by atoms with Gasteiger partial charge in [-0.15, -0.1) is 0 Å². The van der Waals surface area contributed by atoms with E-state index in [0.717, 1.165) is 0 Å². The zero-order chi connectivity index (χ0) is 13.8. The van der Waals surface area contributed by atoms with E-state index in [4.69, 9.17) is 16.0 Å². The van der Waals surface area contributed by atoms with Gasteiger partial charge in [-0.3, -0.25) is 4.79 Å². The molecule has 0 saturated heterocycles.